The third-order valence-electron chi connectivity index (χ3n) is 2.04. The molecule has 0 aromatic rings. The predicted molar refractivity (Wildman–Crippen MR) is 50.1 cm³/mol. The molecule has 0 fully saturated rings. The number of aldehydes is 1. The number of hydrogen-bond acceptors (Lipinski definition) is 2. The number of rotatable bonds is 7. The molecule has 1 unspecified atom stereocenters. The summed E-state index contributed by atoms with van der Waals surface area (Å²) in [5, 5.41) is 9.31. The molecule has 2 nitrogen and oxygen atoms in total. The summed E-state index contributed by atoms with van der Waals surface area (Å²) >= 11 is 0. The lowest BCUT2D eigenvalue weighted by atomic mass is 9.99. The Labute approximate surface area is 75.0 Å². The molecule has 0 rings (SSSR count). The summed E-state index contributed by atoms with van der Waals surface area (Å²) in [4.78, 5) is 10.3. The van der Waals surface area contributed by atoms with E-state index in [-0.39, 0.29) is 0 Å². The van der Waals surface area contributed by atoms with Crippen molar-refractivity contribution in [1.29, 1.82) is 0 Å². The van der Waals surface area contributed by atoms with Gasteiger partial charge in [-0.15, -0.1) is 0 Å². The molecule has 0 saturated carbocycles. The zero-order valence-electron chi connectivity index (χ0n) is 8.18. The molecule has 12 heavy (non-hydrogen) atoms. The summed E-state index contributed by atoms with van der Waals surface area (Å²) in [5.41, 5.74) is -1.09. The number of unbranched alkanes of at least 4 members (excludes halogenated alkanes) is 4. The summed E-state index contributed by atoms with van der Waals surface area (Å²) in [6.45, 7) is 3.74. The van der Waals surface area contributed by atoms with Crippen LogP contribution in [-0.2, 0) is 4.79 Å². The highest BCUT2D eigenvalue weighted by Gasteiger charge is 2.17. The van der Waals surface area contributed by atoms with Crippen LogP contribution in [0.1, 0.15) is 52.4 Å². The Bertz CT molecular complexity index is 119. The molecule has 0 saturated heterocycles. The van der Waals surface area contributed by atoms with Crippen LogP contribution in [0.5, 0.6) is 0 Å². The lowest BCUT2D eigenvalue weighted by molar-refractivity contribution is -0.123. The molecule has 0 radical (unpaired) electrons. The first-order valence-corrected chi connectivity index (χ1v) is 4.81. The van der Waals surface area contributed by atoms with E-state index in [1.807, 2.05) is 0 Å². The largest absolute Gasteiger partial charge is 0.383 e. The van der Waals surface area contributed by atoms with Gasteiger partial charge in [0.2, 0.25) is 0 Å². The molecular weight excluding hydrogens is 152 g/mol. The Morgan fingerprint density at radius 2 is 1.83 bits per heavy atom. The van der Waals surface area contributed by atoms with Crippen molar-refractivity contribution in [1.82, 2.24) is 0 Å². The third-order valence-corrected chi connectivity index (χ3v) is 2.04. The van der Waals surface area contributed by atoms with E-state index in [2.05, 4.69) is 6.92 Å². The number of carbonyl (C=O) groups excluding carboxylic acids is 1. The smallest absolute Gasteiger partial charge is 0.151 e. The fraction of sp³-hybridized carbons (Fsp3) is 0.900. The van der Waals surface area contributed by atoms with Crippen molar-refractivity contribution in [2.45, 2.75) is 58.0 Å². The Morgan fingerprint density at radius 1 is 1.25 bits per heavy atom. The van der Waals surface area contributed by atoms with Crippen LogP contribution in [0, 0.1) is 0 Å². The molecule has 0 aliphatic carbocycles. The van der Waals surface area contributed by atoms with E-state index in [4.69, 9.17) is 0 Å². The Balaban J connectivity index is 3.25. The van der Waals surface area contributed by atoms with Gasteiger partial charge < -0.3 is 9.90 Å². The highest BCUT2D eigenvalue weighted by atomic mass is 16.3. The SMILES string of the molecule is CCCCCCCC(C)(O)C=O. The number of carbonyl (C=O) groups is 1. The van der Waals surface area contributed by atoms with Crippen molar-refractivity contribution in [3.63, 3.8) is 0 Å². The topological polar surface area (TPSA) is 37.3 Å². The Kier molecular flexibility index (Phi) is 5.99. The second kappa shape index (κ2) is 6.18. The van der Waals surface area contributed by atoms with Gasteiger partial charge in [0.25, 0.3) is 0 Å². The van der Waals surface area contributed by atoms with Crippen molar-refractivity contribution < 1.29 is 9.90 Å². The van der Waals surface area contributed by atoms with Gasteiger partial charge in [0, 0.05) is 0 Å². The molecule has 1 N–H and O–H groups in total. The van der Waals surface area contributed by atoms with Crippen LogP contribution in [0.3, 0.4) is 0 Å². The van der Waals surface area contributed by atoms with Crippen LogP contribution in [0.4, 0.5) is 0 Å². The van der Waals surface area contributed by atoms with Crippen molar-refractivity contribution >= 4 is 6.29 Å². The number of hydrogen-bond donors (Lipinski definition) is 1. The van der Waals surface area contributed by atoms with Crippen LogP contribution in [0.15, 0.2) is 0 Å². The zero-order chi connectivity index (χ0) is 9.45. The molecule has 0 spiro atoms. The van der Waals surface area contributed by atoms with Crippen LogP contribution in [-0.4, -0.2) is 17.0 Å². The molecule has 0 aliphatic rings. The highest BCUT2D eigenvalue weighted by molar-refractivity contribution is 5.60. The fourth-order valence-electron chi connectivity index (χ4n) is 1.15. The van der Waals surface area contributed by atoms with Gasteiger partial charge >= 0.3 is 0 Å². The molecule has 0 amide bonds. The van der Waals surface area contributed by atoms with Gasteiger partial charge in [-0.3, -0.25) is 0 Å². The van der Waals surface area contributed by atoms with E-state index in [0.717, 1.165) is 12.8 Å². The molecule has 2 heteroatoms. The first kappa shape index (κ1) is 11.6. The molecule has 72 valence electrons. The zero-order valence-corrected chi connectivity index (χ0v) is 8.18. The van der Waals surface area contributed by atoms with Gasteiger partial charge in [0.15, 0.2) is 6.29 Å². The van der Waals surface area contributed by atoms with E-state index in [9.17, 15) is 9.90 Å². The van der Waals surface area contributed by atoms with Crippen LogP contribution in [0.2, 0.25) is 0 Å². The summed E-state index contributed by atoms with van der Waals surface area (Å²) in [6, 6.07) is 0. The molecule has 0 aromatic heterocycles. The van der Waals surface area contributed by atoms with E-state index in [1.165, 1.54) is 19.3 Å². The summed E-state index contributed by atoms with van der Waals surface area (Å²) < 4.78 is 0. The first-order chi connectivity index (χ1) is 5.62. The van der Waals surface area contributed by atoms with E-state index in [0.29, 0.717) is 12.7 Å². The maximum Gasteiger partial charge on any atom is 0.151 e. The molecule has 0 aromatic carbocycles. The highest BCUT2D eigenvalue weighted by Crippen LogP contribution is 2.12. The van der Waals surface area contributed by atoms with Crippen LogP contribution in [0.25, 0.3) is 0 Å². The van der Waals surface area contributed by atoms with Gasteiger partial charge in [0.1, 0.15) is 5.60 Å². The van der Waals surface area contributed by atoms with E-state index in [1.54, 1.807) is 6.92 Å². The summed E-state index contributed by atoms with van der Waals surface area (Å²) in [7, 11) is 0. The molecule has 1 atom stereocenters. The predicted octanol–water partition coefficient (Wildman–Crippen LogP) is 2.30. The van der Waals surface area contributed by atoms with Crippen molar-refractivity contribution in [3.8, 4) is 0 Å². The average molecular weight is 172 g/mol. The van der Waals surface area contributed by atoms with Crippen LogP contribution < -0.4 is 0 Å². The van der Waals surface area contributed by atoms with Crippen molar-refractivity contribution in [2.75, 3.05) is 0 Å². The minimum absolute atomic E-state index is 0.597. The maximum atomic E-state index is 10.3. The molecular formula is C10H20O2. The lowest BCUT2D eigenvalue weighted by Gasteiger charge is -2.14. The van der Waals surface area contributed by atoms with Gasteiger partial charge in [0.05, 0.1) is 0 Å². The number of aliphatic hydroxyl groups is 1. The van der Waals surface area contributed by atoms with Gasteiger partial charge in [-0.25, -0.2) is 0 Å². The maximum absolute atomic E-state index is 10.3. The van der Waals surface area contributed by atoms with Gasteiger partial charge in [-0.1, -0.05) is 39.0 Å². The summed E-state index contributed by atoms with van der Waals surface area (Å²) in [5.74, 6) is 0. The van der Waals surface area contributed by atoms with Gasteiger partial charge in [-0.2, -0.15) is 0 Å². The minimum Gasteiger partial charge on any atom is -0.383 e. The molecule has 0 aliphatic heterocycles. The Hall–Kier alpha value is -0.370. The standard InChI is InChI=1S/C10H20O2/c1-3-4-5-6-7-8-10(2,12)9-11/h9,12H,3-8H2,1-2H3. The van der Waals surface area contributed by atoms with E-state index >= 15 is 0 Å². The third kappa shape index (κ3) is 6.35. The summed E-state index contributed by atoms with van der Waals surface area (Å²) in [6.07, 6.45) is 7.00. The lowest BCUT2D eigenvalue weighted by Crippen LogP contribution is -2.25. The van der Waals surface area contributed by atoms with Crippen molar-refractivity contribution in [2.24, 2.45) is 0 Å². The average Bonchev–Trinajstić information content (AvgIpc) is 2.04. The first-order valence-electron chi connectivity index (χ1n) is 4.81. The van der Waals surface area contributed by atoms with Gasteiger partial charge in [-0.05, 0) is 13.3 Å². The molecule has 0 heterocycles. The minimum atomic E-state index is -1.09. The normalized spacial score (nSPS) is 15.6. The fourth-order valence-corrected chi connectivity index (χ4v) is 1.15. The quantitative estimate of drug-likeness (QED) is 0.472. The van der Waals surface area contributed by atoms with E-state index < -0.39 is 5.60 Å². The Morgan fingerprint density at radius 3 is 2.33 bits per heavy atom. The monoisotopic (exact) mass is 172 g/mol. The molecule has 0 bridgehead atoms. The van der Waals surface area contributed by atoms with Crippen molar-refractivity contribution in [3.05, 3.63) is 0 Å². The second-order valence-electron chi connectivity index (χ2n) is 3.64. The van der Waals surface area contributed by atoms with Crippen LogP contribution >= 0.6 is 0 Å². The second-order valence-corrected chi connectivity index (χ2v) is 3.64.